The Kier molecular flexibility index (Phi) is 7.24. The van der Waals surface area contributed by atoms with Crippen LogP contribution in [-0.4, -0.2) is 34.5 Å². The Morgan fingerprint density at radius 2 is 1.89 bits per heavy atom. The summed E-state index contributed by atoms with van der Waals surface area (Å²) in [6, 6.07) is 10.1. The molecule has 3 rings (SSSR count). The third-order valence-corrected chi connectivity index (χ3v) is 5.94. The van der Waals surface area contributed by atoms with Gasteiger partial charge in [-0.2, -0.15) is 0 Å². The van der Waals surface area contributed by atoms with Gasteiger partial charge in [0.1, 0.15) is 0 Å². The predicted molar refractivity (Wildman–Crippen MR) is 110 cm³/mol. The molecule has 0 aliphatic carbocycles. The van der Waals surface area contributed by atoms with Crippen LogP contribution < -0.4 is 0 Å². The molecule has 2 unspecified atom stereocenters. The van der Waals surface area contributed by atoms with Crippen molar-refractivity contribution in [3.63, 3.8) is 0 Å². The lowest BCUT2D eigenvalue weighted by Gasteiger charge is -2.25. The van der Waals surface area contributed by atoms with Crippen molar-refractivity contribution in [1.82, 2.24) is 0 Å². The van der Waals surface area contributed by atoms with Crippen LogP contribution in [0, 0.1) is 11.8 Å². The number of hydrogen-bond acceptors (Lipinski definition) is 3. The van der Waals surface area contributed by atoms with Gasteiger partial charge in [0.15, 0.2) is 0 Å². The van der Waals surface area contributed by atoms with Gasteiger partial charge in [0.2, 0.25) is 0 Å². The summed E-state index contributed by atoms with van der Waals surface area (Å²) >= 11 is 0. The fourth-order valence-electron chi connectivity index (χ4n) is 4.31. The molecule has 2 heterocycles. The van der Waals surface area contributed by atoms with Gasteiger partial charge in [0, 0.05) is 11.8 Å². The van der Waals surface area contributed by atoms with Gasteiger partial charge in [0.05, 0.1) is 24.7 Å². The van der Waals surface area contributed by atoms with Crippen LogP contribution in [0.2, 0.25) is 0 Å². The lowest BCUT2D eigenvalue weighted by atomic mass is 9.77. The second kappa shape index (κ2) is 9.85. The minimum absolute atomic E-state index is 0.0461. The Morgan fingerprint density at radius 3 is 2.64 bits per heavy atom. The molecule has 2 aliphatic heterocycles. The number of allylic oxidation sites excluding steroid dienone is 3. The molecule has 2 fully saturated rings. The van der Waals surface area contributed by atoms with Crippen LogP contribution in [0.4, 0.5) is 0 Å². The fourth-order valence-corrected chi connectivity index (χ4v) is 4.31. The van der Waals surface area contributed by atoms with E-state index in [4.69, 9.17) is 9.84 Å². The third-order valence-electron chi connectivity index (χ3n) is 5.94. The molecule has 2 saturated heterocycles. The van der Waals surface area contributed by atoms with Crippen molar-refractivity contribution in [2.75, 3.05) is 0 Å². The highest BCUT2D eigenvalue weighted by atomic mass is 16.5. The Morgan fingerprint density at radius 1 is 1.18 bits per heavy atom. The summed E-state index contributed by atoms with van der Waals surface area (Å²) in [4.78, 5) is 10.5. The number of hydrogen-bond donors (Lipinski definition) is 2. The fraction of sp³-hybridized carbons (Fsp3) is 0.458. The van der Waals surface area contributed by atoms with Crippen molar-refractivity contribution < 1.29 is 19.7 Å². The van der Waals surface area contributed by atoms with E-state index in [0.29, 0.717) is 11.8 Å². The van der Waals surface area contributed by atoms with Gasteiger partial charge in [-0.05, 0) is 30.7 Å². The maximum Gasteiger partial charge on any atom is 0.307 e. The lowest BCUT2D eigenvalue weighted by Crippen LogP contribution is -2.26. The van der Waals surface area contributed by atoms with Crippen molar-refractivity contribution in [3.05, 3.63) is 72.4 Å². The first-order valence-electron chi connectivity index (χ1n) is 10.2. The molecule has 6 atom stereocenters. The monoisotopic (exact) mass is 382 g/mol. The Balaban J connectivity index is 1.58. The zero-order valence-corrected chi connectivity index (χ0v) is 16.4. The first-order chi connectivity index (χ1) is 13.6. The largest absolute Gasteiger partial charge is 0.481 e. The van der Waals surface area contributed by atoms with Gasteiger partial charge in [0.25, 0.3) is 0 Å². The van der Waals surface area contributed by atoms with Crippen LogP contribution in [0.5, 0.6) is 0 Å². The topological polar surface area (TPSA) is 66.8 Å². The SMILES string of the molecule is CC(c1ccccc1)C(O)C=C[C@@H]1[C@H](CC=CC=CCC(=O)O)[C@@H]2CC[C@H]1O2. The van der Waals surface area contributed by atoms with Gasteiger partial charge < -0.3 is 14.9 Å². The average molecular weight is 383 g/mol. The number of aliphatic hydroxyl groups is 1. The van der Waals surface area contributed by atoms with Crippen LogP contribution in [0.3, 0.4) is 0 Å². The second-order valence-electron chi connectivity index (χ2n) is 7.80. The number of carboxylic acids is 1. The van der Waals surface area contributed by atoms with Gasteiger partial charge in [-0.25, -0.2) is 0 Å². The molecule has 28 heavy (non-hydrogen) atoms. The average Bonchev–Trinajstić information content (AvgIpc) is 3.30. The van der Waals surface area contributed by atoms with Gasteiger partial charge >= 0.3 is 5.97 Å². The van der Waals surface area contributed by atoms with Gasteiger partial charge in [-0.3, -0.25) is 4.79 Å². The van der Waals surface area contributed by atoms with E-state index in [2.05, 4.69) is 12.2 Å². The Bertz CT molecular complexity index is 721. The molecule has 4 heteroatoms. The highest BCUT2D eigenvalue weighted by molar-refractivity contribution is 5.68. The molecule has 2 bridgehead atoms. The molecule has 0 radical (unpaired) electrons. The number of carbonyl (C=O) groups is 1. The Labute approximate surface area is 167 Å². The first-order valence-corrected chi connectivity index (χ1v) is 10.2. The van der Waals surface area contributed by atoms with Crippen molar-refractivity contribution in [1.29, 1.82) is 0 Å². The second-order valence-corrected chi connectivity index (χ2v) is 7.80. The highest BCUT2D eigenvalue weighted by Gasteiger charge is 2.46. The molecule has 0 amide bonds. The van der Waals surface area contributed by atoms with E-state index in [1.807, 2.05) is 49.4 Å². The summed E-state index contributed by atoms with van der Waals surface area (Å²) in [5.41, 5.74) is 1.14. The minimum atomic E-state index is -0.820. The quantitative estimate of drug-likeness (QED) is 0.488. The summed E-state index contributed by atoms with van der Waals surface area (Å²) < 4.78 is 6.12. The number of rotatable bonds is 9. The van der Waals surface area contributed by atoms with E-state index in [-0.39, 0.29) is 24.5 Å². The summed E-state index contributed by atoms with van der Waals surface area (Å²) in [5.74, 6) is -0.0308. The summed E-state index contributed by atoms with van der Waals surface area (Å²) in [7, 11) is 0. The van der Waals surface area contributed by atoms with Crippen molar-refractivity contribution in [3.8, 4) is 0 Å². The van der Waals surface area contributed by atoms with Crippen LogP contribution in [0.15, 0.2) is 66.8 Å². The third kappa shape index (κ3) is 5.21. The summed E-state index contributed by atoms with van der Waals surface area (Å²) in [6.07, 6.45) is 14.7. The van der Waals surface area contributed by atoms with Gasteiger partial charge in [-0.1, -0.05) is 73.7 Å². The van der Waals surface area contributed by atoms with Crippen molar-refractivity contribution in [2.45, 2.75) is 56.8 Å². The number of aliphatic carboxylic acids is 1. The van der Waals surface area contributed by atoms with E-state index in [0.717, 1.165) is 24.8 Å². The molecular formula is C24H30O4. The summed E-state index contributed by atoms with van der Waals surface area (Å²) in [5, 5.41) is 19.3. The first kappa shape index (κ1) is 20.6. The minimum Gasteiger partial charge on any atom is -0.481 e. The molecule has 0 spiro atoms. The van der Waals surface area contributed by atoms with Crippen LogP contribution >= 0.6 is 0 Å². The van der Waals surface area contributed by atoms with E-state index in [1.54, 1.807) is 12.2 Å². The zero-order chi connectivity index (χ0) is 19.9. The molecular weight excluding hydrogens is 352 g/mol. The molecule has 1 aromatic rings. The molecule has 2 N–H and O–H groups in total. The number of ether oxygens (including phenoxy) is 1. The maximum absolute atomic E-state index is 10.6. The molecule has 0 aromatic heterocycles. The molecule has 4 nitrogen and oxygen atoms in total. The number of aliphatic hydroxyl groups excluding tert-OH is 1. The standard InChI is InChI=1S/C24H30O4/c1-17(18-9-5-4-6-10-18)21(25)14-13-20-19(22-15-16-23(20)28-22)11-7-2-3-8-12-24(26)27/h2-10,13-14,17,19-23,25H,11-12,15-16H2,1H3,(H,26,27)/t17?,19-,20+,21?,22-,23+/m0/s1. The van der Waals surface area contributed by atoms with E-state index >= 15 is 0 Å². The van der Waals surface area contributed by atoms with Crippen LogP contribution in [-0.2, 0) is 9.53 Å². The summed E-state index contributed by atoms with van der Waals surface area (Å²) in [6.45, 7) is 2.05. The van der Waals surface area contributed by atoms with Crippen molar-refractivity contribution >= 4 is 5.97 Å². The normalized spacial score (nSPS) is 29.2. The smallest absolute Gasteiger partial charge is 0.307 e. The van der Waals surface area contributed by atoms with E-state index < -0.39 is 12.1 Å². The van der Waals surface area contributed by atoms with Gasteiger partial charge in [-0.15, -0.1) is 0 Å². The van der Waals surface area contributed by atoms with Crippen LogP contribution in [0.25, 0.3) is 0 Å². The number of carboxylic acid groups (broad SMARTS) is 1. The molecule has 150 valence electrons. The number of benzene rings is 1. The molecule has 2 aliphatic rings. The Hall–Kier alpha value is -2.17. The number of fused-ring (bicyclic) bond motifs is 2. The van der Waals surface area contributed by atoms with E-state index in [1.165, 1.54) is 0 Å². The van der Waals surface area contributed by atoms with Crippen LogP contribution in [0.1, 0.15) is 44.1 Å². The van der Waals surface area contributed by atoms with E-state index in [9.17, 15) is 9.90 Å². The maximum atomic E-state index is 10.6. The molecule has 0 saturated carbocycles. The lowest BCUT2D eigenvalue weighted by molar-refractivity contribution is -0.136. The zero-order valence-electron chi connectivity index (χ0n) is 16.4. The highest BCUT2D eigenvalue weighted by Crippen LogP contribution is 2.46. The molecule has 1 aromatic carbocycles. The predicted octanol–water partition coefficient (Wildman–Crippen LogP) is 4.48. The van der Waals surface area contributed by atoms with Crippen molar-refractivity contribution in [2.24, 2.45) is 11.8 Å².